The molecule has 1 aromatic carbocycles. The Bertz CT molecular complexity index is 892. The molecule has 1 aliphatic heterocycles. The van der Waals surface area contributed by atoms with Gasteiger partial charge in [0.05, 0.1) is 21.1 Å². The monoisotopic (exact) mass is 389 g/mol. The maximum Gasteiger partial charge on any atom is 0.326 e. The second-order valence-corrected chi connectivity index (χ2v) is 8.55. The van der Waals surface area contributed by atoms with Crippen LogP contribution in [0.3, 0.4) is 0 Å². The van der Waals surface area contributed by atoms with Gasteiger partial charge in [0.1, 0.15) is 6.04 Å². The van der Waals surface area contributed by atoms with Crippen LogP contribution in [-0.2, 0) is 14.4 Å². The molecule has 0 radical (unpaired) electrons. The second kappa shape index (κ2) is 7.64. The zero-order valence-electron chi connectivity index (χ0n) is 15.6. The number of aryl methyl sites for hydroxylation is 1. The fraction of sp³-hybridized carbons (Fsp3) is 0.474. The number of anilines is 1. The number of carboxylic acid groups (broad SMARTS) is 1. The van der Waals surface area contributed by atoms with E-state index >= 15 is 0 Å². The van der Waals surface area contributed by atoms with E-state index in [1.807, 2.05) is 39.0 Å². The average Bonchev–Trinajstić information content (AvgIpc) is 3.14. The minimum atomic E-state index is -1.05. The van der Waals surface area contributed by atoms with Gasteiger partial charge in [-0.1, -0.05) is 13.8 Å². The molecule has 1 aromatic heterocycles. The molecule has 144 valence electrons. The first-order chi connectivity index (χ1) is 12.7. The summed E-state index contributed by atoms with van der Waals surface area (Å²) in [5, 5.41) is 12.8. The molecule has 1 fully saturated rings. The minimum Gasteiger partial charge on any atom is -0.480 e. The largest absolute Gasteiger partial charge is 0.480 e. The van der Waals surface area contributed by atoms with Crippen molar-refractivity contribution in [3.63, 3.8) is 0 Å². The maximum absolute atomic E-state index is 12.5. The predicted octanol–water partition coefficient (Wildman–Crippen LogP) is 2.57. The predicted molar refractivity (Wildman–Crippen MR) is 104 cm³/mol. The number of carboxylic acids is 1. The lowest BCUT2D eigenvalue weighted by molar-refractivity contribution is -0.142. The minimum absolute atomic E-state index is 0.0774. The molecule has 2 heterocycles. The first kappa shape index (κ1) is 19.3. The topological polar surface area (TPSA) is 99.6 Å². The zero-order valence-corrected chi connectivity index (χ0v) is 16.4. The molecule has 1 aliphatic rings. The van der Waals surface area contributed by atoms with E-state index in [9.17, 15) is 19.5 Å². The molecule has 2 amide bonds. The lowest BCUT2D eigenvalue weighted by Crippen LogP contribution is -2.44. The molecule has 2 unspecified atom stereocenters. The molecule has 8 heteroatoms. The van der Waals surface area contributed by atoms with Gasteiger partial charge in [-0.25, -0.2) is 9.78 Å². The summed E-state index contributed by atoms with van der Waals surface area (Å²) < 4.78 is 1.05. The van der Waals surface area contributed by atoms with Crippen molar-refractivity contribution in [3.8, 4) is 0 Å². The number of hydrogen-bond acceptors (Lipinski definition) is 5. The van der Waals surface area contributed by atoms with E-state index in [4.69, 9.17) is 0 Å². The standard InChI is InChI=1S/C19H23N3O4S/c1-10(2)6-15(19(25)26)21-18(24)12-7-17(23)22(9-12)13-4-5-16-14(8-13)20-11(3)27-16/h4-5,8,10,12,15H,6-7,9H2,1-3H3,(H,21,24)(H,25,26). The Kier molecular flexibility index (Phi) is 5.46. The van der Waals surface area contributed by atoms with Gasteiger partial charge in [0, 0.05) is 18.7 Å². The van der Waals surface area contributed by atoms with Gasteiger partial charge in [-0.2, -0.15) is 0 Å². The van der Waals surface area contributed by atoms with Gasteiger partial charge in [-0.15, -0.1) is 11.3 Å². The number of nitrogens with one attached hydrogen (secondary N) is 1. The molecule has 3 rings (SSSR count). The number of amides is 2. The highest BCUT2D eigenvalue weighted by molar-refractivity contribution is 7.18. The summed E-state index contributed by atoms with van der Waals surface area (Å²) in [6, 6.07) is 4.71. The second-order valence-electron chi connectivity index (χ2n) is 7.32. The molecule has 2 N–H and O–H groups in total. The van der Waals surface area contributed by atoms with Gasteiger partial charge < -0.3 is 15.3 Å². The Morgan fingerprint density at radius 2 is 2.15 bits per heavy atom. The number of thiazole rings is 1. The third kappa shape index (κ3) is 4.27. The molecular weight excluding hydrogens is 366 g/mol. The third-order valence-corrected chi connectivity index (χ3v) is 5.56. The summed E-state index contributed by atoms with van der Waals surface area (Å²) in [4.78, 5) is 42.3. The van der Waals surface area contributed by atoms with E-state index in [2.05, 4.69) is 10.3 Å². The number of carbonyl (C=O) groups is 3. The van der Waals surface area contributed by atoms with Crippen molar-refractivity contribution in [1.29, 1.82) is 0 Å². The molecule has 27 heavy (non-hydrogen) atoms. The van der Waals surface area contributed by atoms with Crippen LogP contribution in [0.15, 0.2) is 18.2 Å². The number of nitrogens with zero attached hydrogens (tertiary/aromatic N) is 2. The summed E-state index contributed by atoms with van der Waals surface area (Å²) in [5.41, 5.74) is 1.55. The highest BCUT2D eigenvalue weighted by Gasteiger charge is 2.36. The molecule has 0 bridgehead atoms. The molecule has 1 saturated heterocycles. The van der Waals surface area contributed by atoms with E-state index < -0.39 is 17.9 Å². The van der Waals surface area contributed by atoms with Crippen LogP contribution in [-0.4, -0.2) is 40.5 Å². The van der Waals surface area contributed by atoms with Crippen LogP contribution in [0.25, 0.3) is 10.2 Å². The maximum atomic E-state index is 12.5. The average molecular weight is 389 g/mol. The SMILES string of the molecule is Cc1nc2cc(N3CC(C(=O)NC(CC(C)C)C(=O)O)CC3=O)ccc2s1. The van der Waals surface area contributed by atoms with Crippen molar-refractivity contribution < 1.29 is 19.5 Å². The van der Waals surface area contributed by atoms with Crippen LogP contribution < -0.4 is 10.2 Å². The quantitative estimate of drug-likeness (QED) is 0.791. The lowest BCUT2D eigenvalue weighted by atomic mass is 10.0. The highest BCUT2D eigenvalue weighted by Crippen LogP contribution is 2.30. The van der Waals surface area contributed by atoms with Gasteiger partial charge in [0.25, 0.3) is 0 Å². The van der Waals surface area contributed by atoms with E-state index in [0.717, 1.165) is 15.2 Å². The Hall–Kier alpha value is -2.48. The van der Waals surface area contributed by atoms with Crippen molar-refractivity contribution in [2.75, 3.05) is 11.4 Å². The molecule has 0 saturated carbocycles. The van der Waals surface area contributed by atoms with Crippen LogP contribution in [0.1, 0.15) is 31.7 Å². The number of hydrogen-bond donors (Lipinski definition) is 2. The van der Waals surface area contributed by atoms with Gasteiger partial charge in [0.15, 0.2) is 0 Å². The first-order valence-corrected chi connectivity index (χ1v) is 9.77. The molecular formula is C19H23N3O4S. The van der Waals surface area contributed by atoms with E-state index in [1.165, 1.54) is 0 Å². The lowest BCUT2D eigenvalue weighted by Gasteiger charge is -2.19. The van der Waals surface area contributed by atoms with Gasteiger partial charge in [-0.3, -0.25) is 9.59 Å². The van der Waals surface area contributed by atoms with Crippen molar-refractivity contribution >= 4 is 45.0 Å². The molecule has 2 aromatic rings. The number of carbonyl (C=O) groups excluding carboxylic acids is 2. The van der Waals surface area contributed by atoms with E-state index in [-0.39, 0.29) is 30.7 Å². The summed E-state index contributed by atoms with van der Waals surface area (Å²) in [6.45, 7) is 5.98. The number of aliphatic carboxylic acids is 1. The molecule has 7 nitrogen and oxygen atoms in total. The number of fused-ring (bicyclic) bond motifs is 1. The number of aromatic nitrogens is 1. The smallest absolute Gasteiger partial charge is 0.326 e. The summed E-state index contributed by atoms with van der Waals surface area (Å²) >= 11 is 1.59. The first-order valence-electron chi connectivity index (χ1n) is 8.95. The third-order valence-electron chi connectivity index (χ3n) is 4.61. The van der Waals surface area contributed by atoms with E-state index in [0.29, 0.717) is 12.1 Å². The Labute approximate surface area is 161 Å². The van der Waals surface area contributed by atoms with Crippen LogP contribution in [0, 0.1) is 18.8 Å². The van der Waals surface area contributed by atoms with Crippen molar-refractivity contribution in [1.82, 2.24) is 10.3 Å². The van der Waals surface area contributed by atoms with Crippen LogP contribution in [0.5, 0.6) is 0 Å². The normalized spacial score (nSPS) is 18.3. The summed E-state index contributed by atoms with van der Waals surface area (Å²) in [5.74, 6) is -2.00. The fourth-order valence-corrected chi connectivity index (χ4v) is 4.12. The summed E-state index contributed by atoms with van der Waals surface area (Å²) in [7, 11) is 0. The molecule has 0 spiro atoms. The van der Waals surface area contributed by atoms with Crippen LogP contribution in [0.2, 0.25) is 0 Å². The van der Waals surface area contributed by atoms with Gasteiger partial charge in [-0.05, 0) is 37.5 Å². The van der Waals surface area contributed by atoms with Crippen molar-refractivity contribution in [2.24, 2.45) is 11.8 Å². The van der Waals surface area contributed by atoms with Crippen molar-refractivity contribution in [3.05, 3.63) is 23.2 Å². The van der Waals surface area contributed by atoms with Crippen LogP contribution in [0.4, 0.5) is 5.69 Å². The Morgan fingerprint density at radius 3 is 2.81 bits per heavy atom. The van der Waals surface area contributed by atoms with Crippen molar-refractivity contribution in [2.45, 2.75) is 39.7 Å². The molecule has 0 aliphatic carbocycles. The Morgan fingerprint density at radius 1 is 1.41 bits per heavy atom. The zero-order chi connectivity index (χ0) is 19.7. The number of benzene rings is 1. The van der Waals surface area contributed by atoms with E-state index in [1.54, 1.807) is 16.2 Å². The van der Waals surface area contributed by atoms with Gasteiger partial charge in [0.2, 0.25) is 11.8 Å². The number of rotatable bonds is 6. The highest BCUT2D eigenvalue weighted by atomic mass is 32.1. The summed E-state index contributed by atoms with van der Waals surface area (Å²) in [6.07, 6.45) is 0.430. The molecule has 2 atom stereocenters. The van der Waals surface area contributed by atoms with Crippen LogP contribution >= 0.6 is 11.3 Å². The fourth-order valence-electron chi connectivity index (χ4n) is 3.31. The van der Waals surface area contributed by atoms with Gasteiger partial charge >= 0.3 is 5.97 Å². The Balaban J connectivity index is 1.71.